The van der Waals surface area contributed by atoms with Crippen molar-refractivity contribution < 1.29 is 19.1 Å². The molecular formula is C18H16ClNO4. The van der Waals surface area contributed by atoms with Gasteiger partial charge >= 0.3 is 5.97 Å². The molecule has 3 rings (SSSR count). The van der Waals surface area contributed by atoms with Crippen molar-refractivity contribution in [1.29, 1.82) is 0 Å². The number of halogens is 1. The van der Waals surface area contributed by atoms with Crippen molar-refractivity contribution in [2.45, 2.75) is 18.9 Å². The average Bonchev–Trinajstić information content (AvgIpc) is 2.56. The predicted octanol–water partition coefficient (Wildman–Crippen LogP) is 3.46. The molecule has 0 saturated carbocycles. The summed E-state index contributed by atoms with van der Waals surface area (Å²) in [4.78, 5) is 24.9. The number of carbonyl (C=O) groups excluding carboxylic acids is 2. The number of ether oxygens (including phenoxy) is 2. The Morgan fingerprint density at radius 1 is 1.29 bits per heavy atom. The molecule has 5 nitrogen and oxygen atoms in total. The molecule has 2 aromatic rings. The van der Waals surface area contributed by atoms with E-state index in [9.17, 15) is 9.59 Å². The van der Waals surface area contributed by atoms with E-state index in [1.54, 1.807) is 56.5 Å². The lowest BCUT2D eigenvalue weighted by atomic mass is 9.89. The fourth-order valence-electron chi connectivity index (χ4n) is 2.64. The number of fused-ring (bicyclic) bond motifs is 1. The maximum atomic E-state index is 12.7. The van der Waals surface area contributed by atoms with Crippen molar-refractivity contribution in [2.24, 2.45) is 0 Å². The molecule has 0 aliphatic carbocycles. The highest BCUT2D eigenvalue weighted by Crippen LogP contribution is 2.31. The van der Waals surface area contributed by atoms with Crippen LogP contribution >= 0.6 is 11.6 Å². The van der Waals surface area contributed by atoms with Gasteiger partial charge in [0.25, 0.3) is 5.91 Å². The van der Waals surface area contributed by atoms with Gasteiger partial charge in [0, 0.05) is 23.2 Å². The SMILES string of the molecule is COc1cccc(NC(=O)[C@]2(C)Cc3ccc(Cl)cc3C(=O)O2)c1. The summed E-state index contributed by atoms with van der Waals surface area (Å²) >= 11 is 5.91. The van der Waals surface area contributed by atoms with Gasteiger partial charge in [-0.1, -0.05) is 23.7 Å². The lowest BCUT2D eigenvalue weighted by molar-refractivity contribution is -0.134. The third-order valence-corrected chi connectivity index (χ3v) is 4.18. The zero-order valence-electron chi connectivity index (χ0n) is 13.3. The molecular weight excluding hydrogens is 330 g/mol. The number of esters is 1. The summed E-state index contributed by atoms with van der Waals surface area (Å²) in [6.07, 6.45) is 0.279. The predicted molar refractivity (Wildman–Crippen MR) is 90.6 cm³/mol. The third-order valence-electron chi connectivity index (χ3n) is 3.95. The van der Waals surface area contributed by atoms with Crippen LogP contribution in [0.25, 0.3) is 0 Å². The van der Waals surface area contributed by atoms with E-state index in [0.29, 0.717) is 22.0 Å². The van der Waals surface area contributed by atoms with Gasteiger partial charge in [-0.25, -0.2) is 4.79 Å². The molecule has 1 aliphatic rings. The van der Waals surface area contributed by atoms with E-state index in [2.05, 4.69) is 5.32 Å². The minimum Gasteiger partial charge on any atom is -0.497 e. The van der Waals surface area contributed by atoms with Gasteiger partial charge in [-0.05, 0) is 36.8 Å². The molecule has 24 heavy (non-hydrogen) atoms. The van der Waals surface area contributed by atoms with E-state index in [1.807, 2.05) is 0 Å². The van der Waals surface area contributed by atoms with Crippen LogP contribution < -0.4 is 10.1 Å². The third kappa shape index (κ3) is 3.08. The lowest BCUT2D eigenvalue weighted by Crippen LogP contribution is -2.48. The Kier molecular flexibility index (Phi) is 4.20. The van der Waals surface area contributed by atoms with Crippen molar-refractivity contribution in [3.63, 3.8) is 0 Å². The molecule has 0 radical (unpaired) electrons. The molecule has 1 atom stereocenters. The highest BCUT2D eigenvalue weighted by Gasteiger charge is 2.42. The van der Waals surface area contributed by atoms with Crippen LogP contribution in [0.3, 0.4) is 0 Å². The van der Waals surface area contributed by atoms with Gasteiger partial charge in [0.15, 0.2) is 5.60 Å². The summed E-state index contributed by atoms with van der Waals surface area (Å²) in [6, 6.07) is 12.0. The Morgan fingerprint density at radius 2 is 2.08 bits per heavy atom. The zero-order chi connectivity index (χ0) is 17.3. The molecule has 6 heteroatoms. The fraction of sp³-hybridized carbons (Fsp3) is 0.222. The normalized spacial score (nSPS) is 19.2. The van der Waals surface area contributed by atoms with Crippen LogP contribution in [-0.4, -0.2) is 24.6 Å². The van der Waals surface area contributed by atoms with Crippen LogP contribution in [0.4, 0.5) is 5.69 Å². The molecule has 1 N–H and O–H groups in total. The minimum atomic E-state index is -1.29. The quantitative estimate of drug-likeness (QED) is 0.865. The molecule has 0 fully saturated rings. The number of nitrogens with one attached hydrogen (secondary N) is 1. The number of hydrogen-bond acceptors (Lipinski definition) is 4. The number of amides is 1. The van der Waals surface area contributed by atoms with Gasteiger partial charge in [-0.15, -0.1) is 0 Å². The summed E-state index contributed by atoms with van der Waals surface area (Å²) in [6.45, 7) is 1.60. The second kappa shape index (κ2) is 6.17. The topological polar surface area (TPSA) is 64.6 Å². The summed E-state index contributed by atoms with van der Waals surface area (Å²) in [5.74, 6) is -0.328. The van der Waals surface area contributed by atoms with Crippen LogP contribution in [0, 0.1) is 0 Å². The summed E-state index contributed by atoms with van der Waals surface area (Å²) in [7, 11) is 1.55. The maximum absolute atomic E-state index is 12.7. The molecule has 0 bridgehead atoms. The second-order valence-electron chi connectivity index (χ2n) is 5.78. The number of methoxy groups -OCH3 is 1. The Bertz CT molecular complexity index is 820. The van der Waals surface area contributed by atoms with E-state index in [1.165, 1.54) is 0 Å². The van der Waals surface area contributed by atoms with Crippen LogP contribution in [0.5, 0.6) is 5.75 Å². The first kappa shape index (κ1) is 16.3. The van der Waals surface area contributed by atoms with Gasteiger partial charge in [-0.3, -0.25) is 4.79 Å². The van der Waals surface area contributed by atoms with Crippen molar-refractivity contribution >= 4 is 29.2 Å². The van der Waals surface area contributed by atoms with Gasteiger partial charge in [0.1, 0.15) is 5.75 Å². The molecule has 2 aromatic carbocycles. The maximum Gasteiger partial charge on any atom is 0.339 e. The Morgan fingerprint density at radius 3 is 2.83 bits per heavy atom. The van der Waals surface area contributed by atoms with E-state index >= 15 is 0 Å². The summed E-state index contributed by atoms with van der Waals surface area (Å²) in [5.41, 5.74) is 0.410. The Labute approximate surface area is 144 Å². The standard InChI is InChI=1S/C18H16ClNO4/c1-18(17(22)20-13-4-3-5-14(9-13)23-2)10-11-6-7-12(19)8-15(11)16(21)24-18/h3-9H,10H2,1-2H3,(H,20,22)/t18-/m0/s1. The van der Waals surface area contributed by atoms with Crippen molar-refractivity contribution in [3.05, 3.63) is 58.6 Å². The van der Waals surface area contributed by atoms with Crippen LogP contribution in [0.2, 0.25) is 5.02 Å². The smallest absolute Gasteiger partial charge is 0.339 e. The molecule has 1 amide bonds. The Balaban J connectivity index is 1.84. The molecule has 1 heterocycles. The lowest BCUT2D eigenvalue weighted by Gasteiger charge is -2.33. The number of cyclic esters (lactones) is 1. The summed E-state index contributed by atoms with van der Waals surface area (Å²) in [5, 5.41) is 3.22. The van der Waals surface area contributed by atoms with Gasteiger partial charge in [0.05, 0.1) is 12.7 Å². The van der Waals surface area contributed by atoms with E-state index in [0.717, 1.165) is 5.56 Å². The van der Waals surface area contributed by atoms with Crippen LogP contribution in [-0.2, 0) is 16.0 Å². The fourth-order valence-corrected chi connectivity index (χ4v) is 2.81. The number of carbonyl (C=O) groups is 2. The average molecular weight is 346 g/mol. The van der Waals surface area contributed by atoms with Crippen LogP contribution in [0.1, 0.15) is 22.8 Å². The number of rotatable bonds is 3. The zero-order valence-corrected chi connectivity index (χ0v) is 14.0. The summed E-state index contributed by atoms with van der Waals surface area (Å²) < 4.78 is 10.5. The molecule has 0 unspecified atom stereocenters. The number of anilines is 1. The van der Waals surface area contributed by atoms with Crippen molar-refractivity contribution in [2.75, 3.05) is 12.4 Å². The minimum absolute atomic E-state index is 0.279. The number of hydrogen-bond donors (Lipinski definition) is 1. The molecule has 1 aliphatic heterocycles. The van der Waals surface area contributed by atoms with Gasteiger partial charge in [0.2, 0.25) is 0 Å². The molecule has 0 saturated heterocycles. The second-order valence-corrected chi connectivity index (χ2v) is 6.22. The first-order chi connectivity index (χ1) is 11.4. The van der Waals surface area contributed by atoms with E-state index < -0.39 is 17.5 Å². The number of benzene rings is 2. The monoisotopic (exact) mass is 345 g/mol. The van der Waals surface area contributed by atoms with Gasteiger partial charge < -0.3 is 14.8 Å². The molecule has 124 valence electrons. The van der Waals surface area contributed by atoms with Crippen molar-refractivity contribution in [3.8, 4) is 5.75 Å². The first-order valence-electron chi connectivity index (χ1n) is 7.38. The van der Waals surface area contributed by atoms with Crippen molar-refractivity contribution in [1.82, 2.24) is 0 Å². The first-order valence-corrected chi connectivity index (χ1v) is 7.76. The highest BCUT2D eigenvalue weighted by molar-refractivity contribution is 6.31. The van der Waals surface area contributed by atoms with E-state index in [-0.39, 0.29) is 6.42 Å². The highest BCUT2D eigenvalue weighted by atomic mass is 35.5. The van der Waals surface area contributed by atoms with E-state index in [4.69, 9.17) is 21.1 Å². The van der Waals surface area contributed by atoms with Gasteiger partial charge in [-0.2, -0.15) is 0 Å². The van der Waals surface area contributed by atoms with Crippen LogP contribution in [0.15, 0.2) is 42.5 Å². The molecule has 0 aromatic heterocycles. The largest absolute Gasteiger partial charge is 0.497 e. The molecule has 0 spiro atoms. The Hall–Kier alpha value is -2.53.